The van der Waals surface area contributed by atoms with Gasteiger partial charge in [0, 0.05) is 18.4 Å². The summed E-state index contributed by atoms with van der Waals surface area (Å²) in [5, 5.41) is 15.4. The lowest BCUT2D eigenvalue weighted by Gasteiger charge is -2.06. The van der Waals surface area contributed by atoms with Crippen LogP contribution in [-0.4, -0.2) is 15.3 Å². The van der Waals surface area contributed by atoms with Crippen molar-refractivity contribution < 1.29 is 13.9 Å². The number of benzene rings is 1. The number of fused-ring (bicyclic) bond motifs is 1. The van der Waals surface area contributed by atoms with E-state index >= 15 is 0 Å². The molecule has 74 valence electrons. The van der Waals surface area contributed by atoms with E-state index in [1.807, 2.05) is 0 Å². The summed E-state index contributed by atoms with van der Waals surface area (Å²) >= 11 is 0. The Morgan fingerprint density at radius 1 is 1.43 bits per heavy atom. The van der Waals surface area contributed by atoms with E-state index in [1.165, 1.54) is 18.2 Å². The number of rotatable bonds is 1. The van der Waals surface area contributed by atoms with Gasteiger partial charge < -0.3 is 5.11 Å². The van der Waals surface area contributed by atoms with Crippen molar-refractivity contribution in [3.05, 3.63) is 23.9 Å². The number of nitrogens with one attached hydrogen (secondary N) is 1. The van der Waals surface area contributed by atoms with Crippen LogP contribution in [0.4, 0.5) is 8.78 Å². The number of alkyl halides is 2. The van der Waals surface area contributed by atoms with Gasteiger partial charge in [0.15, 0.2) is 0 Å². The van der Waals surface area contributed by atoms with Gasteiger partial charge in [0.05, 0.1) is 5.52 Å². The number of aromatic amines is 1. The molecule has 0 radical (unpaired) electrons. The normalized spacial score (nSPS) is 12.2. The van der Waals surface area contributed by atoms with Crippen LogP contribution in [0.1, 0.15) is 12.6 Å². The Morgan fingerprint density at radius 2 is 2.14 bits per heavy atom. The molecule has 0 amide bonds. The van der Waals surface area contributed by atoms with Crippen molar-refractivity contribution in [2.24, 2.45) is 0 Å². The maximum Gasteiger partial charge on any atom is 0.287 e. The average molecular weight is 198 g/mol. The zero-order valence-electron chi connectivity index (χ0n) is 7.38. The van der Waals surface area contributed by atoms with Crippen molar-refractivity contribution in [1.29, 1.82) is 0 Å². The molecule has 3 nitrogen and oxygen atoms in total. The SMILES string of the molecule is CC(F)(F)c1[nH]nc2cc(O)ccc12. The Labute approximate surface area is 78.4 Å². The average Bonchev–Trinajstić information content (AvgIpc) is 2.45. The highest BCUT2D eigenvalue weighted by atomic mass is 19.3. The molecule has 0 saturated carbocycles. The van der Waals surface area contributed by atoms with Crippen LogP contribution in [0.5, 0.6) is 5.75 Å². The van der Waals surface area contributed by atoms with Gasteiger partial charge in [-0.25, -0.2) is 0 Å². The number of nitrogens with zero attached hydrogens (tertiary/aromatic N) is 1. The molecular weight excluding hydrogens is 190 g/mol. The van der Waals surface area contributed by atoms with E-state index in [0.717, 1.165) is 6.92 Å². The van der Waals surface area contributed by atoms with Crippen LogP contribution in [0.15, 0.2) is 18.2 Å². The van der Waals surface area contributed by atoms with Crippen LogP contribution < -0.4 is 0 Å². The summed E-state index contributed by atoms with van der Waals surface area (Å²) in [5.74, 6) is -2.94. The van der Waals surface area contributed by atoms with Gasteiger partial charge in [-0.3, -0.25) is 5.10 Å². The third-order valence-electron chi connectivity index (χ3n) is 1.98. The number of phenolic OH excluding ortho intramolecular Hbond substituents is 1. The predicted octanol–water partition coefficient (Wildman–Crippen LogP) is 2.38. The molecule has 2 N–H and O–H groups in total. The fourth-order valence-electron chi connectivity index (χ4n) is 1.33. The monoisotopic (exact) mass is 198 g/mol. The van der Waals surface area contributed by atoms with Crippen molar-refractivity contribution in [2.45, 2.75) is 12.8 Å². The third kappa shape index (κ3) is 1.30. The molecule has 0 atom stereocenters. The third-order valence-corrected chi connectivity index (χ3v) is 1.98. The van der Waals surface area contributed by atoms with Gasteiger partial charge in [-0.2, -0.15) is 13.9 Å². The molecule has 0 saturated heterocycles. The molecule has 0 spiro atoms. The molecule has 1 aromatic carbocycles. The first kappa shape index (κ1) is 8.93. The second kappa shape index (κ2) is 2.67. The zero-order valence-corrected chi connectivity index (χ0v) is 7.38. The van der Waals surface area contributed by atoms with Gasteiger partial charge in [0.1, 0.15) is 11.4 Å². The Balaban J connectivity index is 2.70. The Kier molecular flexibility index (Phi) is 1.70. The first-order chi connectivity index (χ1) is 6.48. The Morgan fingerprint density at radius 3 is 2.79 bits per heavy atom. The first-order valence-corrected chi connectivity index (χ1v) is 4.04. The largest absolute Gasteiger partial charge is 0.508 e. The lowest BCUT2D eigenvalue weighted by molar-refractivity contribution is 0.0142. The second-order valence-electron chi connectivity index (χ2n) is 3.19. The topological polar surface area (TPSA) is 48.9 Å². The minimum absolute atomic E-state index is 0.00923. The molecule has 0 bridgehead atoms. The second-order valence-corrected chi connectivity index (χ2v) is 3.19. The maximum absolute atomic E-state index is 13.0. The number of hydrogen-bond donors (Lipinski definition) is 2. The van der Waals surface area contributed by atoms with Crippen LogP contribution in [0.25, 0.3) is 10.9 Å². The lowest BCUT2D eigenvalue weighted by Crippen LogP contribution is -2.07. The molecule has 14 heavy (non-hydrogen) atoms. The van der Waals surface area contributed by atoms with E-state index in [-0.39, 0.29) is 11.4 Å². The number of halogens is 2. The molecule has 2 rings (SSSR count). The quantitative estimate of drug-likeness (QED) is 0.739. The molecular formula is C9H8F2N2O. The van der Waals surface area contributed by atoms with E-state index in [1.54, 1.807) is 0 Å². The van der Waals surface area contributed by atoms with Crippen LogP contribution >= 0.6 is 0 Å². The predicted molar refractivity (Wildman–Crippen MR) is 47.3 cm³/mol. The van der Waals surface area contributed by atoms with Gasteiger partial charge in [0.2, 0.25) is 0 Å². The molecule has 5 heteroatoms. The summed E-state index contributed by atoms with van der Waals surface area (Å²) < 4.78 is 26.0. The fourth-order valence-corrected chi connectivity index (χ4v) is 1.33. The van der Waals surface area contributed by atoms with Gasteiger partial charge in [0.25, 0.3) is 5.92 Å². The van der Waals surface area contributed by atoms with Gasteiger partial charge in [-0.05, 0) is 12.1 Å². The minimum atomic E-state index is -2.95. The van der Waals surface area contributed by atoms with Crippen LogP contribution in [0.2, 0.25) is 0 Å². The van der Waals surface area contributed by atoms with Crippen molar-refractivity contribution in [1.82, 2.24) is 10.2 Å². The van der Waals surface area contributed by atoms with E-state index in [2.05, 4.69) is 10.2 Å². The highest BCUT2D eigenvalue weighted by Gasteiger charge is 2.28. The van der Waals surface area contributed by atoms with E-state index in [0.29, 0.717) is 10.9 Å². The maximum atomic E-state index is 13.0. The van der Waals surface area contributed by atoms with Crippen molar-refractivity contribution in [2.75, 3.05) is 0 Å². The van der Waals surface area contributed by atoms with Gasteiger partial charge in [-0.15, -0.1) is 0 Å². The fraction of sp³-hybridized carbons (Fsp3) is 0.222. The van der Waals surface area contributed by atoms with Crippen LogP contribution in [-0.2, 0) is 5.92 Å². The number of aromatic hydroxyl groups is 1. The molecule has 0 aliphatic rings. The standard InChI is InChI=1S/C9H8F2N2O/c1-9(10,11)8-6-3-2-5(14)4-7(6)12-13-8/h2-4,14H,1H3,(H,12,13). The molecule has 2 aromatic rings. The van der Waals surface area contributed by atoms with E-state index in [9.17, 15) is 8.78 Å². The summed E-state index contributed by atoms with van der Waals surface area (Å²) in [6, 6.07) is 4.11. The lowest BCUT2D eigenvalue weighted by atomic mass is 10.1. The number of aromatic nitrogens is 2. The minimum Gasteiger partial charge on any atom is -0.508 e. The summed E-state index contributed by atoms with van der Waals surface area (Å²) in [7, 11) is 0. The number of H-pyrrole nitrogens is 1. The highest BCUT2D eigenvalue weighted by molar-refractivity contribution is 5.83. The summed E-state index contributed by atoms with van der Waals surface area (Å²) in [5.41, 5.74) is 0.106. The van der Waals surface area contributed by atoms with Crippen molar-refractivity contribution >= 4 is 10.9 Å². The van der Waals surface area contributed by atoms with Crippen LogP contribution in [0.3, 0.4) is 0 Å². The molecule has 1 heterocycles. The molecule has 0 aliphatic carbocycles. The molecule has 0 aliphatic heterocycles. The molecule has 1 aromatic heterocycles. The number of phenols is 1. The van der Waals surface area contributed by atoms with E-state index in [4.69, 9.17) is 5.11 Å². The molecule has 0 unspecified atom stereocenters. The number of hydrogen-bond acceptors (Lipinski definition) is 2. The summed E-state index contributed by atoms with van der Waals surface area (Å²) in [6.45, 7) is 0.798. The smallest absolute Gasteiger partial charge is 0.287 e. The van der Waals surface area contributed by atoms with Gasteiger partial charge >= 0.3 is 0 Å². The highest BCUT2D eigenvalue weighted by Crippen LogP contribution is 2.32. The van der Waals surface area contributed by atoms with Crippen LogP contribution in [0, 0.1) is 0 Å². The van der Waals surface area contributed by atoms with Crippen molar-refractivity contribution in [3.8, 4) is 5.75 Å². The van der Waals surface area contributed by atoms with Gasteiger partial charge in [-0.1, -0.05) is 0 Å². The Bertz CT molecular complexity index is 473. The summed E-state index contributed by atoms with van der Waals surface area (Å²) in [4.78, 5) is 0. The Hall–Kier alpha value is -1.65. The van der Waals surface area contributed by atoms with E-state index < -0.39 is 5.92 Å². The first-order valence-electron chi connectivity index (χ1n) is 4.04. The zero-order chi connectivity index (χ0) is 10.3. The molecule has 0 fully saturated rings. The summed E-state index contributed by atoms with van der Waals surface area (Å²) in [6.07, 6.45) is 0. The van der Waals surface area contributed by atoms with Crippen molar-refractivity contribution in [3.63, 3.8) is 0 Å².